The fraction of sp³-hybridized carbons (Fsp3) is 0.750. The van der Waals surface area contributed by atoms with Crippen LogP contribution < -0.4 is 5.32 Å². The van der Waals surface area contributed by atoms with Crippen molar-refractivity contribution in [3.05, 3.63) is 0 Å². The zero-order valence-electron chi connectivity index (χ0n) is 8.33. The fourth-order valence-electron chi connectivity index (χ4n) is 0.640. The first-order valence-electron chi connectivity index (χ1n) is 4.06. The Kier molecular flexibility index (Phi) is 5.17. The monoisotopic (exact) mass is 315 g/mol. The van der Waals surface area contributed by atoms with Gasteiger partial charge in [0.15, 0.2) is 0 Å². The van der Waals surface area contributed by atoms with Crippen LogP contribution in [0.2, 0.25) is 0 Å². The molecular formula is C8H14INO4. The normalized spacial score (nSPS) is 13.1. The molecule has 14 heavy (non-hydrogen) atoms. The summed E-state index contributed by atoms with van der Waals surface area (Å²) in [5.74, 6) is -0.958. The molecule has 0 aliphatic carbocycles. The molecule has 0 aromatic heterocycles. The van der Waals surface area contributed by atoms with Gasteiger partial charge in [-0.25, -0.2) is 4.79 Å². The molecule has 2 N–H and O–H groups in total. The number of halogens is 1. The van der Waals surface area contributed by atoms with Crippen LogP contribution in [-0.4, -0.2) is 26.8 Å². The van der Waals surface area contributed by atoms with E-state index in [9.17, 15) is 9.59 Å². The molecule has 0 aliphatic heterocycles. The molecule has 0 radical (unpaired) electrons. The van der Waals surface area contributed by atoms with Crippen LogP contribution in [0.15, 0.2) is 0 Å². The summed E-state index contributed by atoms with van der Waals surface area (Å²) in [6.45, 7) is 5.23. The van der Waals surface area contributed by atoms with Gasteiger partial charge in [0.1, 0.15) is 5.60 Å². The van der Waals surface area contributed by atoms with E-state index in [1.54, 1.807) is 20.8 Å². The molecule has 0 saturated heterocycles. The maximum absolute atomic E-state index is 11.1. The molecule has 6 heteroatoms. The van der Waals surface area contributed by atoms with Gasteiger partial charge in [-0.3, -0.25) is 4.79 Å². The Morgan fingerprint density at radius 1 is 1.50 bits per heavy atom. The maximum Gasteiger partial charge on any atom is 0.408 e. The molecule has 1 atom stereocenters. The van der Waals surface area contributed by atoms with Gasteiger partial charge in [0.05, 0.1) is 10.5 Å². The van der Waals surface area contributed by atoms with E-state index < -0.39 is 21.7 Å². The minimum absolute atomic E-state index is 0.125. The molecule has 1 amide bonds. The SMILES string of the molecule is CC(C)(C)OC(=O)N[C@H](I)CC(=O)O. The van der Waals surface area contributed by atoms with Crippen LogP contribution in [0.5, 0.6) is 0 Å². The standard InChI is InChI=1S/C8H14INO4/c1-8(2,3)14-7(13)10-5(9)4-6(11)12/h5H,4H2,1-3H3,(H,10,13)(H,11,12)/t5-/m0/s1. The molecule has 0 heterocycles. The van der Waals surface area contributed by atoms with Gasteiger partial charge in [0.2, 0.25) is 0 Å². The lowest BCUT2D eigenvalue weighted by molar-refractivity contribution is -0.136. The lowest BCUT2D eigenvalue weighted by Gasteiger charge is -2.20. The summed E-state index contributed by atoms with van der Waals surface area (Å²) in [5.41, 5.74) is -0.566. The molecule has 0 aromatic carbocycles. The van der Waals surface area contributed by atoms with Crippen LogP contribution >= 0.6 is 22.6 Å². The summed E-state index contributed by atoms with van der Waals surface area (Å²) in [5, 5.41) is 10.8. The fourth-order valence-corrected chi connectivity index (χ4v) is 1.27. The summed E-state index contributed by atoms with van der Waals surface area (Å²) in [7, 11) is 0. The first-order chi connectivity index (χ1) is 6.20. The number of rotatable bonds is 3. The summed E-state index contributed by atoms with van der Waals surface area (Å²) in [6, 6.07) is 0. The summed E-state index contributed by atoms with van der Waals surface area (Å²) >= 11 is 1.83. The highest BCUT2D eigenvalue weighted by molar-refractivity contribution is 14.1. The average molecular weight is 315 g/mol. The minimum Gasteiger partial charge on any atom is -0.481 e. The number of carbonyl (C=O) groups is 2. The molecule has 0 bridgehead atoms. The Hall–Kier alpha value is -0.530. The molecular weight excluding hydrogens is 301 g/mol. The van der Waals surface area contributed by atoms with Crippen molar-refractivity contribution in [3.8, 4) is 0 Å². The van der Waals surface area contributed by atoms with Gasteiger partial charge in [-0.2, -0.15) is 0 Å². The number of nitrogens with one attached hydrogen (secondary N) is 1. The highest BCUT2D eigenvalue weighted by Crippen LogP contribution is 2.08. The lowest BCUT2D eigenvalue weighted by Crippen LogP contribution is -2.37. The van der Waals surface area contributed by atoms with E-state index in [2.05, 4.69) is 5.32 Å². The number of carboxylic acid groups (broad SMARTS) is 1. The van der Waals surface area contributed by atoms with Crippen molar-refractivity contribution in [2.75, 3.05) is 0 Å². The Balaban J connectivity index is 3.89. The van der Waals surface area contributed by atoms with Gasteiger partial charge in [0, 0.05) is 0 Å². The van der Waals surface area contributed by atoms with Gasteiger partial charge < -0.3 is 15.2 Å². The number of carbonyl (C=O) groups excluding carboxylic acids is 1. The molecule has 0 aliphatic rings. The van der Waals surface area contributed by atoms with Crippen molar-refractivity contribution in [2.45, 2.75) is 36.8 Å². The first kappa shape index (κ1) is 13.5. The van der Waals surface area contributed by atoms with Crippen molar-refractivity contribution < 1.29 is 19.4 Å². The van der Waals surface area contributed by atoms with E-state index >= 15 is 0 Å². The Bertz CT molecular complexity index is 224. The van der Waals surface area contributed by atoms with Crippen molar-refractivity contribution in [1.82, 2.24) is 5.32 Å². The number of alkyl carbamates (subject to hydrolysis) is 1. The predicted molar refractivity (Wildman–Crippen MR) is 59.4 cm³/mol. The number of amides is 1. The van der Waals surface area contributed by atoms with E-state index in [-0.39, 0.29) is 6.42 Å². The quantitative estimate of drug-likeness (QED) is 0.473. The van der Waals surface area contributed by atoms with E-state index in [4.69, 9.17) is 9.84 Å². The van der Waals surface area contributed by atoms with Crippen LogP contribution in [0.4, 0.5) is 4.79 Å². The Morgan fingerprint density at radius 2 is 2.00 bits per heavy atom. The summed E-state index contributed by atoms with van der Waals surface area (Å²) < 4.78 is 4.48. The number of hydrogen-bond donors (Lipinski definition) is 2. The highest BCUT2D eigenvalue weighted by Gasteiger charge is 2.19. The lowest BCUT2D eigenvalue weighted by atomic mass is 10.2. The van der Waals surface area contributed by atoms with Gasteiger partial charge >= 0.3 is 12.1 Å². The van der Waals surface area contributed by atoms with E-state index in [1.165, 1.54) is 0 Å². The third kappa shape index (κ3) is 8.09. The predicted octanol–water partition coefficient (Wildman–Crippen LogP) is 1.75. The number of hydrogen-bond acceptors (Lipinski definition) is 3. The number of aliphatic carboxylic acids is 1. The number of alkyl halides is 1. The topological polar surface area (TPSA) is 75.6 Å². The Morgan fingerprint density at radius 3 is 2.36 bits per heavy atom. The second-order valence-corrected chi connectivity index (χ2v) is 5.22. The molecule has 0 saturated carbocycles. The van der Waals surface area contributed by atoms with Gasteiger partial charge in [-0.15, -0.1) is 0 Å². The maximum atomic E-state index is 11.1. The van der Waals surface area contributed by atoms with Crippen LogP contribution in [-0.2, 0) is 9.53 Å². The van der Waals surface area contributed by atoms with Crippen molar-refractivity contribution in [2.24, 2.45) is 0 Å². The first-order valence-corrected chi connectivity index (χ1v) is 5.30. The van der Waals surface area contributed by atoms with Crippen molar-refractivity contribution >= 4 is 34.7 Å². The number of ether oxygens (including phenoxy) is 1. The highest BCUT2D eigenvalue weighted by atomic mass is 127. The van der Waals surface area contributed by atoms with Crippen LogP contribution in [0, 0.1) is 0 Å². The molecule has 0 rings (SSSR count). The van der Waals surface area contributed by atoms with Gasteiger partial charge in [-0.05, 0) is 20.8 Å². The second-order valence-electron chi connectivity index (χ2n) is 3.71. The van der Waals surface area contributed by atoms with Crippen LogP contribution in [0.25, 0.3) is 0 Å². The molecule has 0 unspecified atom stereocenters. The Labute approximate surface area is 96.3 Å². The van der Waals surface area contributed by atoms with Crippen LogP contribution in [0.1, 0.15) is 27.2 Å². The third-order valence-electron chi connectivity index (χ3n) is 1.03. The van der Waals surface area contributed by atoms with E-state index in [0.29, 0.717) is 0 Å². The molecule has 0 fully saturated rings. The molecule has 82 valence electrons. The summed E-state index contributed by atoms with van der Waals surface area (Å²) in [4.78, 5) is 21.4. The largest absolute Gasteiger partial charge is 0.481 e. The van der Waals surface area contributed by atoms with E-state index in [0.717, 1.165) is 0 Å². The molecule has 0 spiro atoms. The van der Waals surface area contributed by atoms with Crippen molar-refractivity contribution in [1.29, 1.82) is 0 Å². The van der Waals surface area contributed by atoms with E-state index in [1.807, 2.05) is 22.6 Å². The molecule has 0 aromatic rings. The zero-order valence-corrected chi connectivity index (χ0v) is 10.5. The van der Waals surface area contributed by atoms with Crippen molar-refractivity contribution in [3.63, 3.8) is 0 Å². The smallest absolute Gasteiger partial charge is 0.408 e. The van der Waals surface area contributed by atoms with Gasteiger partial charge in [0.25, 0.3) is 0 Å². The minimum atomic E-state index is -0.958. The average Bonchev–Trinajstić information content (AvgIpc) is 1.77. The second kappa shape index (κ2) is 5.38. The molecule has 5 nitrogen and oxygen atoms in total. The van der Waals surface area contributed by atoms with Crippen LogP contribution in [0.3, 0.4) is 0 Å². The zero-order chi connectivity index (χ0) is 11.4. The number of carboxylic acids is 1. The third-order valence-corrected chi connectivity index (χ3v) is 1.78. The van der Waals surface area contributed by atoms with Gasteiger partial charge in [-0.1, -0.05) is 22.6 Å². The summed E-state index contributed by atoms with van der Waals surface area (Å²) in [6.07, 6.45) is -0.724.